The summed E-state index contributed by atoms with van der Waals surface area (Å²) in [6, 6.07) is 6.53. The number of hydrogen-bond acceptors (Lipinski definition) is 3. The summed E-state index contributed by atoms with van der Waals surface area (Å²) < 4.78 is 5.90. The summed E-state index contributed by atoms with van der Waals surface area (Å²) in [7, 11) is 0. The fourth-order valence-electron chi connectivity index (χ4n) is 2.41. The standard InChI is InChI=1S/C17H23NOS/c1-13-10-14(2)17(15(3)11-13)19-8-7-18-6-4-16-5-9-20-12-16/h5,9-12,18H,4,6-8H2,1-3H3. The fourth-order valence-corrected chi connectivity index (χ4v) is 3.12. The summed E-state index contributed by atoms with van der Waals surface area (Å²) in [5.74, 6) is 1.04. The molecule has 108 valence electrons. The summed E-state index contributed by atoms with van der Waals surface area (Å²) in [6.07, 6.45) is 1.09. The van der Waals surface area contributed by atoms with Gasteiger partial charge in [0.1, 0.15) is 12.4 Å². The van der Waals surface area contributed by atoms with E-state index >= 15 is 0 Å². The number of hydrogen-bond donors (Lipinski definition) is 1. The average molecular weight is 289 g/mol. The summed E-state index contributed by atoms with van der Waals surface area (Å²) >= 11 is 1.76. The highest BCUT2D eigenvalue weighted by molar-refractivity contribution is 7.07. The van der Waals surface area contributed by atoms with Crippen molar-refractivity contribution in [2.24, 2.45) is 0 Å². The van der Waals surface area contributed by atoms with Gasteiger partial charge in [0.25, 0.3) is 0 Å². The second-order valence-corrected chi connectivity index (χ2v) is 5.99. The van der Waals surface area contributed by atoms with Crippen LogP contribution in [0.3, 0.4) is 0 Å². The Morgan fingerprint density at radius 2 is 1.85 bits per heavy atom. The normalized spacial score (nSPS) is 10.8. The van der Waals surface area contributed by atoms with Crippen molar-refractivity contribution < 1.29 is 4.74 Å². The van der Waals surface area contributed by atoms with Crippen LogP contribution in [-0.2, 0) is 6.42 Å². The molecule has 2 rings (SSSR count). The molecular formula is C17H23NOS. The molecule has 0 fully saturated rings. The fraction of sp³-hybridized carbons (Fsp3) is 0.412. The minimum atomic E-state index is 0.717. The molecule has 0 atom stereocenters. The lowest BCUT2D eigenvalue weighted by atomic mass is 10.1. The molecular weight excluding hydrogens is 266 g/mol. The van der Waals surface area contributed by atoms with Crippen LogP contribution in [0.25, 0.3) is 0 Å². The van der Waals surface area contributed by atoms with Crippen LogP contribution >= 0.6 is 11.3 Å². The van der Waals surface area contributed by atoms with E-state index in [0.717, 1.165) is 25.3 Å². The van der Waals surface area contributed by atoms with Crippen LogP contribution in [0.15, 0.2) is 29.0 Å². The number of benzene rings is 1. The lowest BCUT2D eigenvalue weighted by Gasteiger charge is -2.13. The van der Waals surface area contributed by atoms with Crippen molar-refractivity contribution in [3.63, 3.8) is 0 Å². The van der Waals surface area contributed by atoms with Gasteiger partial charge in [0.15, 0.2) is 0 Å². The minimum absolute atomic E-state index is 0.717. The van der Waals surface area contributed by atoms with Gasteiger partial charge in [-0.2, -0.15) is 11.3 Å². The predicted octanol–water partition coefficient (Wildman–Crippen LogP) is 3.88. The molecule has 3 heteroatoms. The highest BCUT2D eigenvalue weighted by atomic mass is 32.1. The van der Waals surface area contributed by atoms with E-state index < -0.39 is 0 Å². The molecule has 2 nitrogen and oxygen atoms in total. The zero-order chi connectivity index (χ0) is 14.4. The molecule has 1 aromatic carbocycles. The third-order valence-electron chi connectivity index (χ3n) is 3.30. The van der Waals surface area contributed by atoms with Gasteiger partial charge < -0.3 is 10.1 Å². The zero-order valence-corrected chi connectivity index (χ0v) is 13.3. The summed E-state index contributed by atoms with van der Waals surface area (Å²) in [6.45, 7) is 8.95. The van der Waals surface area contributed by atoms with Crippen molar-refractivity contribution >= 4 is 11.3 Å². The van der Waals surface area contributed by atoms with Gasteiger partial charge in [-0.15, -0.1) is 0 Å². The first kappa shape index (κ1) is 15.1. The Labute approximate surface area is 125 Å². The van der Waals surface area contributed by atoms with Crippen molar-refractivity contribution in [2.45, 2.75) is 27.2 Å². The Morgan fingerprint density at radius 1 is 1.10 bits per heavy atom. The monoisotopic (exact) mass is 289 g/mol. The Kier molecular flexibility index (Phi) is 5.62. The van der Waals surface area contributed by atoms with Gasteiger partial charge in [-0.3, -0.25) is 0 Å². The third-order valence-corrected chi connectivity index (χ3v) is 4.03. The average Bonchev–Trinajstić information content (AvgIpc) is 2.89. The van der Waals surface area contributed by atoms with Crippen molar-refractivity contribution in [3.8, 4) is 5.75 Å². The molecule has 0 saturated heterocycles. The largest absolute Gasteiger partial charge is 0.492 e. The van der Waals surface area contributed by atoms with E-state index in [9.17, 15) is 0 Å². The molecule has 0 bridgehead atoms. The van der Waals surface area contributed by atoms with E-state index in [4.69, 9.17) is 4.74 Å². The second kappa shape index (κ2) is 7.46. The highest BCUT2D eigenvalue weighted by Gasteiger charge is 2.04. The van der Waals surface area contributed by atoms with Crippen LogP contribution in [0.5, 0.6) is 5.75 Å². The summed E-state index contributed by atoms with van der Waals surface area (Å²) in [5.41, 5.74) is 5.15. The SMILES string of the molecule is Cc1cc(C)c(OCCNCCc2ccsc2)c(C)c1. The van der Waals surface area contributed by atoms with Crippen LogP contribution in [0.4, 0.5) is 0 Å². The molecule has 1 N–H and O–H groups in total. The van der Waals surface area contributed by atoms with Gasteiger partial charge in [0, 0.05) is 6.54 Å². The zero-order valence-electron chi connectivity index (χ0n) is 12.5. The molecule has 1 aromatic heterocycles. The molecule has 0 aliphatic carbocycles. The summed E-state index contributed by atoms with van der Waals surface area (Å²) in [5, 5.41) is 7.76. The second-order valence-electron chi connectivity index (χ2n) is 5.21. The molecule has 0 saturated carbocycles. The van der Waals surface area contributed by atoms with E-state index in [1.807, 2.05) is 0 Å². The van der Waals surface area contributed by atoms with Crippen LogP contribution in [-0.4, -0.2) is 19.7 Å². The van der Waals surface area contributed by atoms with Crippen molar-refractivity contribution in [3.05, 3.63) is 51.2 Å². The van der Waals surface area contributed by atoms with E-state index in [1.165, 1.54) is 22.3 Å². The molecule has 0 radical (unpaired) electrons. The lowest BCUT2D eigenvalue weighted by Crippen LogP contribution is -2.23. The molecule has 2 aromatic rings. The quantitative estimate of drug-likeness (QED) is 0.781. The van der Waals surface area contributed by atoms with Crippen LogP contribution < -0.4 is 10.1 Å². The van der Waals surface area contributed by atoms with E-state index in [2.05, 4.69) is 55.0 Å². The van der Waals surface area contributed by atoms with Gasteiger partial charge in [0.05, 0.1) is 0 Å². The topological polar surface area (TPSA) is 21.3 Å². The van der Waals surface area contributed by atoms with Gasteiger partial charge in [-0.1, -0.05) is 17.7 Å². The van der Waals surface area contributed by atoms with E-state index in [1.54, 1.807) is 11.3 Å². The lowest BCUT2D eigenvalue weighted by molar-refractivity contribution is 0.310. The minimum Gasteiger partial charge on any atom is -0.492 e. The number of aryl methyl sites for hydroxylation is 3. The van der Waals surface area contributed by atoms with Crippen molar-refractivity contribution in [2.75, 3.05) is 19.7 Å². The maximum Gasteiger partial charge on any atom is 0.125 e. The Hall–Kier alpha value is -1.32. The van der Waals surface area contributed by atoms with Crippen molar-refractivity contribution in [1.82, 2.24) is 5.32 Å². The molecule has 1 heterocycles. The van der Waals surface area contributed by atoms with Gasteiger partial charge in [-0.05, 0) is 67.3 Å². The highest BCUT2D eigenvalue weighted by Crippen LogP contribution is 2.24. The first-order valence-electron chi connectivity index (χ1n) is 7.09. The van der Waals surface area contributed by atoms with E-state index in [0.29, 0.717) is 6.61 Å². The van der Waals surface area contributed by atoms with Gasteiger partial charge in [-0.25, -0.2) is 0 Å². The Balaban J connectivity index is 1.68. The first-order valence-corrected chi connectivity index (χ1v) is 8.03. The van der Waals surface area contributed by atoms with Gasteiger partial charge >= 0.3 is 0 Å². The molecule has 0 aliphatic heterocycles. The van der Waals surface area contributed by atoms with Crippen molar-refractivity contribution in [1.29, 1.82) is 0 Å². The smallest absolute Gasteiger partial charge is 0.125 e. The molecule has 0 unspecified atom stereocenters. The third kappa shape index (κ3) is 4.36. The Bertz CT molecular complexity index is 511. The summed E-state index contributed by atoms with van der Waals surface area (Å²) in [4.78, 5) is 0. The number of rotatable bonds is 7. The van der Waals surface area contributed by atoms with Crippen LogP contribution in [0.2, 0.25) is 0 Å². The molecule has 0 aliphatic rings. The number of nitrogens with one attached hydrogen (secondary N) is 1. The number of thiophene rings is 1. The maximum atomic E-state index is 5.90. The Morgan fingerprint density at radius 3 is 2.50 bits per heavy atom. The maximum absolute atomic E-state index is 5.90. The molecule has 0 spiro atoms. The first-order chi connectivity index (χ1) is 9.66. The molecule has 0 amide bonds. The number of ether oxygens (including phenoxy) is 1. The van der Waals surface area contributed by atoms with E-state index in [-0.39, 0.29) is 0 Å². The predicted molar refractivity (Wildman–Crippen MR) is 87.0 cm³/mol. The van der Waals surface area contributed by atoms with Gasteiger partial charge in [0.2, 0.25) is 0 Å². The van der Waals surface area contributed by atoms with Crippen LogP contribution in [0, 0.1) is 20.8 Å². The van der Waals surface area contributed by atoms with Crippen LogP contribution in [0.1, 0.15) is 22.3 Å². The molecule has 20 heavy (non-hydrogen) atoms.